The Morgan fingerprint density at radius 1 is 0.889 bits per heavy atom. The Balaban J connectivity index is 1.97. The Kier molecular flexibility index (Phi) is 4.35. The lowest BCUT2D eigenvalue weighted by Crippen LogP contribution is -2.31. The van der Waals surface area contributed by atoms with Crippen LogP contribution in [0.2, 0.25) is 0 Å². The van der Waals surface area contributed by atoms with Gasteiger partial charge in [-0.2, -0.15) is 0 Å². The highest BCUT2D eigenvalue weighted by Crippen LogP contribution is 2.23. The Bertz CT molecular complexity index is 1240. The third kappa shape index (κ3) is 3.53. The summed E-state index contributed by atoms with van der Waals surface area (Å²) in [6, 6.07) is 17.3. The number of hydrogen-bond donors (Lipinski definition) is 1. The maximum absolute atomic E-state index is 13.1. The van der Waals surface area contributed by atoms with E-state index in [1.54, 1.807) is 47.3 Å². The number of fused-ring (bicyclic) bond motifs is 1. The quantitative estimate of drug-likeness (QED) is 0.549. The molecular weight excluding hydrogens is 367 g/mol. The Morgan fingerprint density at radius 2 is 1.52 bits per heavy atom. The maximum atomic E-state index is 13.1. The molecule has 2 aromatic carbocycles. The van der Waals surface area contributed by atoms with E-state index in [2.05, 4.69) is 14.3 Å². The van der Waals surface area contributed by atoms with Gasteiger partial charge in [-0.3, -0.25) is 4.55 Å². The molecule has 0 spiro atoms. The third-order valence-electron chi connectivity index (χ3n) is 3.83. The molecule has 0 saturated heterocycles. The fraction of sp³-hybridized carbons (Fsp3) is 0. The average molecular weight is 381 g/mol. The molecule has 2 heterocycles. The van der Waals surface area contributed by atoms with Gasteiger partial charge in [-0.15, -0.1) is 4.36 Å². The largest absolute Gasteiger partial charge is 0.374 e. The average Bonchev–Trinajstić information content (AvgIpc) is 2.68. The summed E-state index contributed by atoms with van der Waals surface area (Å²) in [7, 11) is -3.84. The molecule has 0 amide bonds. The van der Waals surface area contributed by atoms with Crippen molar-refractivity contribution in [2.45, 2.75) is 4.90 Å². The van der Waals surface area contributed by atoms with Crippen LogP contribution in [0.3, 0.4) is 0 Å². The number of rotatable bonds is 3. The highest BCUT2D eigenvalue weighted by Gasteiger charge is 2.21. The maximum Gasteiger partial charge on any atom is 0.374 e. The molecule has 1 atom stereocenters. The van der Waals surface area contributed by atoms with E-state index in [1.807, 2.05) is 12.1 Å². The first-order valence-corrected chi connectivity index (χ1v) is 9.49. The van der Waals surface area contributed by atoms with E-state index in [9.17, 15) is 13.2 Å². The lowest BCUT2D eigenvalue weighted by molar-refractivity contribution is -0.598. The van der Waals surface area contributed by atoms with Crippen molar-refractivity contribution in [2.24, 2.45) is 4.36 Å². The highest BCUT2D eigenvalue weighted by atomic mass is 32.2. The van der Waals surface area contributed by atoms with E-state index in [0.29, 0.717) is 16.9 Å². The molecule has 4 rings (SSSR count). The van der Waals surface area contributed by atoms with Gasteiger partial charge in [0.1, 0.15) is 11.3 Å². The van der Waals surface area contributed by atoms with Crippen molar-refractivity contribution >= 4 is 26.9 Å². The van der Waals surface area contributed by atoms with Gasteiger partial charge < -0.3 is 0 Å². The number of para-hydroxylation sites is 2. The SMILES string of the molecule is O=S(O)(=Nc1nc2ccccc2nc1-[n+]1ccccc1)c1ccc(F)cc1. The number of aromatic nitrogens is 3. The first-order valence-electron chi connectivity index (χ1n) is 8.02. The van der Waals surface area contributed by atoms with Gasteiger partial charge in [0.05, 0.1) is 17.3 Å². The summed E-state index contributed by atoms with van der Waals surface area (Å²) in [4.78, 5) is 8.95. The number of benzene rings is 2. The smallest absolute Gasteiger partial charge is 0.296 e. The molecule has 1 N–H and O–H groups in total. The molecule has 134 valence electrons. The van der Waals surface area contributed by atoms with Crippen LogP contribution in [0.15, 0.2) is 88.4 Å². The summed E-state index contributed by atoms with van der Waals surface area (Å²) < 4.78 is 42.0. The molecule has 0 aliphatic heterocycles. The highest BCUT2D eigenvalue weighted by molar-refractivity contribution is 7.88. The van der Waals surface area contributed by atoms with Gasteiger partial charge in [0, 0.05) is 0 Å². The molecule has 4 aromatic rings. The fourth-order valence-corrected chi connectivity index (χ4v) is 3.49. The molecule has 0 aliphatic rings. The molecule has 0 bridgehead atoms. The Labute approximate surface area is 155 Å². The van der Waals surface area contributed by atoms with Crippen LogP contribution in [0.5, 0.6) is 0 Å². The molecule has 0 fully saturated rings. The van der Waals surface area contributed by atoms with Gasteiger partial charge in [0.2, 0.25) is 5.52 Å². The van der Waals surface area contributed by atoms with Gasteiger partial charge in [0.15, 0.2) is 10.0 Å². The molecule has 0 radical (unpaired) electrons. The van der Waals surface area contributed by atoms with Crippen LogP contribution in [-0.4, -0.2) is 18.7 Å². The van der Waals surface area contributed by atoms with Crippen molar-refractivity contribution in [3.8, 4) is 5.82 Å². The van der Waals surface area contributed by atoms with Gasteiger partial charge in [-0.25, -0.2) is 18.2 Å². The monoisotopic (exact) mass is 381 g/mol. The number of halogens is 1. The summed E-state index contributed by atoms with van der Waals surface area (Å²) in [5.74, 6) is -0.167. The van der Waals surface area contributed by atoms with Crippen molar-refractivity contribution in [2.75, 3.05) is 0 Å². The zero-order valence-corrected chi connectivity index (χ0v) is 14.8. The van der Waals surface area contributed by atoms with Crippen molar-refractivity contribution in [1.82, 2.24) is 9.97 Å². The summed E-state index contributed by atoms with van der Waals surface area (Å²) in [6.07, 6.45) is 3.49. The van der Waals surface area contributed by atoms with Crippen LogP contribution in [-0.2, 0) is 10.0 Å². The molecular formula is C19H14FN4O2S+. The van der Waals surface area contributed by atoms with E-state index < -0.39 is 15.8 Å². The normalized spacial score (nSPS) is 13.3. The van der Waals surface area contributed by atoms with Gasteiger partial charge in [-0.1, -0.05) is 18.2 Å². The lowest BCUT2D eigenvalue weighted by Gasteiger charge is -2.04. The zero-order chi connectivity index (χ0) is 18.9. The minimum absolute atomic E-state index is 0.0112. The van der Waals surface area contributed by atoms with Crippen molar-refractivity contribution in [3.63, 3.8) is 0 Å². The molecule has 0 aliphatic carbocycles. The summed E-state index contributed by atoms with van der Waals surface area (Å²) in [5.41, 5.74) is 1.18. The van der Waals surface area contributed by atoms with Crippen LogP contribution >= 0.6 is 0 Å². The Hall–Kier alpha value is -3.23. The van der Waals surface area contributed by atoms with E-state index >= 15 is 0 Å². The van der Waals surface area contributed by atoms with Gasteiger partial charge in [0.25, 0.3) is 5.82 Å². The second-order valence-corrected chi connectivity index (χ2v) is 7.33. The number of pyridine rings is 1. The lowest BCUT2D eigenvalue weighted by atomic mass is 10.3. The molecule has 27 heavy (non-hydrogen) atoms. The first kappa shape index (κ1) is 17.2. The number of nitrogens with zero attached hydrogens (tertiary/aromatic N) is 4. The van der Waals surface area contributed by atoms with Gasteiger partial charge in [-0.05, 0) is 53.5 Å². The molecule has 0 saturated carbocycles. The van der Waals surface area contributed by atoms with Gasteiger partial charge >= 0.3 is 5.82 Å². The minimum Gasteiger partial charge on any atom is -0.296 e. The molecule has 8 heteroatoms. The van der Waals surface area contributed by atoms with Crippen LogP contribution < -0.4 is 4.57 Å². The van der Waals surface area contributed by atoms with E-state index in [1.165, 1.54) is 12.1 Å². The predicted octanol–water partition coefficient (Wildman–Crippen LogP) is 3.68. The van der Waals surface area contributed by atoms with Crippen LogP contribution in [0.4, 0.5) is 10.2 Å². The molecule has 6 nitrogen and oxygen atoms in total. The van der Waals surface area contributed by atoms with Crippen molar-refractivity contribution < 1.29 is 17.7 Å². The Morgan fingerprint density at radius 3 is 2.19 bits per heavy atom. The fourth-order valence-electron chi connectivity index (χ4n) is 2.54. The summed E-state index contributed by atoms with van der Waals surface area (Å²) in [5, 5.41) is 0. The standard InChI is InChI=1S/C19H13FN4O2S/c20-14-8-10-15(11-9-14)27(25,26)23-18-19(24-12-4-1-5-13-24)22-17-7-3-2-6-16(17)21-18/h1-13H/p+1. The third-order valence-corrected chi connectivity index (χ3v) is 5.13. The van der Waals surface area contributed by atoms with E-state index in [4.69, 9.17) is 0 Å². The summed E-state index contributed by atoms with van der Waals surface area (Å²) in [6.45, 7) is 0. The zero-order valence-electron chi connectivity index (χ0n) is 13.9. The summed E-state index contributed by atoms with van der Waals surface area (Å²) >= 11 is 0. The van der Waals surface area contributed by atoms with Crippen LogP contribution in [0.1, 0.15) is 0 Å². The van der Waals surface area contributed by atoms with E-state index in [-0.39, 0.29) is 10.7 Å². The topological polar surface area (TPSA) is 79.3 Å². The molecule has 2 aromatic heterocycles. The van der Waals surface area contributed by atoms with E-state index in [0.717, 1.165) is 12.1 Å². The van der Waals surface area contributed by atoms with Crippen molar-refractivity contribution in [3.05, 3.63) is 84.9 Å². The van der Waals surface area contributed by atoms with Crippen LogP contribution in [0, 0.1) is 5.82 Å². The minimum atomic E-state index is -3.84. The second-order valence-electron chi connectivity index (χ2n) is 5.68. The first-order chi connectivity index (χ1) is 13.0. The predicted molar refractivity (Wildman–Crippen MR) is 98.6 cm³/mol. The van der Waals surface area contributed by atoms with Crippen LogP contribution in [0.25, 0.3) is 16.9 Å². The van der Waals surface area contributed by atoms with Crippen molar-refractivity contribution in [1.29, 1.82) is 0 Å². The second kappa shape index (κ2) is 6.82. The molecule has 1 unspecified atom stereocenters. The number of hydrogen-bond acceptors (Lipinski definition) is 4.